The highest BCUT2D eigenvalue weighted by Gasteiger charge is 2.31. The predicted octanol–water partition coefficient (Wildman–Crippen LogP) is 2.84. The van der Waals surface area contributed by atoms with E-state index in [1.54, 1.807) is 4.90 Å². The second-order valence-electron chi connectivity index (χ2n) is 4.42. The maximum Gasteiger partial charge on any atom is 0.416 e. The number of carbonyl (C=O) groups is 1. The Morgan fingerprint density at radius 3 is 2.25 bits per heavy atom. The largest absolute Gasteiger partial charge is 0.416 e. The smallest absolute Gasteiger partial charge is 0.378 e. The molecule has 1 aromatic carbocycles. The topological polar surface area (TPSA) is 29.5 Å². The number of hydrogen-bond acceptors (Lipinski definition) is 2. The highest BCUT2D eigenvalue weighted by Crippen LogP contribution is 2.31. The fraction of sp³-hybridized carbons (Fsp3) is 0.462. The van der Waals surface area contributed by atoms with Crippen LogP contribution in [0.3, 0.4) is 0 Å². The van der Waals surface area contributed by atoms with Crippen molar-refractivity contribution >= 4 is 17.5 Å². The molecule has 1 aliphatic heterocycles. The van der Waals surface area contributed by atoms with E-state index in [2.05, 4.69) is 0 Å². The van der Waals surface area contributed by atoms with Gasteiger partial charge in [0.15, 0.2) is 0 Å². The van der Waals surface area contributed by atoms with Gasteiger partial charge in [0.2, 0.25) is 5.91 Å². The third kappa shape index (κ3) is 3.43. The van der Waals surface area contributed by atoms with Gasteiger partial charge in [0, 0.05) is 13.1 Å². The molecule has 0 radical (unpaired) electrons. The van der Waals surface area contributed by atoms with Crippen LogP contribution in [0.5, 0.6) is 0 Å². The molecule has 110 valence electrons. The lowest BCUT2D eigenvalue weighted by Crippen LogP contribution is -2.42. The molecular weight excluding hydrogens is 295 g/mol. The van der Waals surface area contributed by atoms with Gasteiger partial charge in [-0.05, 0) is 17.7 Å². The molecule has 0 aliphatic carbocycles. The second kappa shape index (κ2) is 6.01. The van der Waals surface area contributed by atoms with Crippen LogP contribution in [-0.2, 0) is 15.7 Å². The molecule has 0 bridgehead atoms. The third-order valence-electron chi connectivity index (χ3n) is 3.07. The molecule has 0 N–H and O–H groups in total. The highest BCUT2D eigenvalue weighted by molar-refractivity contribution is 6.30. The van der Waals surface area contributed by atoms with Crippen molar-refractivity contribution in [2.24, 2.45) is 0 Å². The minimum atomic E-state index is -4.39. The number of halogens is 4. The van der Waals surface area contributed by atoms with Crippen molar-refractivity contribution in [1.82, 2.24) is 4.90 Å². The first-order valence-corrected chi connectivity index (χ1v) is 6.51. The van der Waals surface area contributed by atoms with E-state index < -0.39 is 17.1 Å². The Hall–Kier alpha value is -1.27. The Morgan fingerprint density at radius 2 is 1.75 bits per heavy atom. The molecular formula is C13H13ClF3NO2. The number of carbonyl (C=O) groups excluding carboxylic acids is 1. The van der Waals surface area contributed by atoms with Crippen LogP contribution in [0.15, 0.2) is 24.3 Å². The quantitative estimate of drug-likeness (QED) is 0.786. The maximum atomic E-state index is 12.4. The monoisotopic (exact) mass is 307 g/mol. The average molecular weight is 308 g/mol. The van der Waals surface area contributed by atoms with Crippen molar-refractivity contribution in [2.45, 2.75) is 11.6 Å². The molecule has 1 fully saturated rings. The number of hydrogen-bond donors (Lipinski definition) is 0. The summed E-state index contributed by atoms with van der Waals surface area (Å²) < 4.78 is 42.5. The van der Waals surface area contributed by atoms with Gasteiger partial charge in [0.05, 0.1) is 18.8 Å². The standard InChI is InChI=1S/C13H13ClF3NO2/c14-11(12(19)18-5-7-20-8-6-18)9-1-3-10(4-2-9)13(15,16)17/h1-4,11H,5-8H2. The average Bonchev–Trinajstić information content (AvgIpc) is 2.46. The third-order valence-corrected chi connectivity index (χ3v) is 3.51. The first-order valence-electron chi connectivity index (χ1n) is 6.07. The van der Waals surface area contributed by atoms with Gasteiger partial charge < -0.3 is 9.64 Å². The summed E-state index contributed by atoms with van der Waals surface area (Å²) in [7, 11) is 0. The van der Waals surface area contributed by atoms with Crippen molar-refractivity contribution in [3.05, 3.63) is 35.4 Å². The number of nitrogens with zero attached hydrogens (tertiary/aromatic N) is 1. The fourth-order valence-electron chi connectivity index (χ4n) is 1.93. The molecule has 0 saturated carbocycles. The Kier molecular flexibility index (Phi) is 4.55. The predicted molar refractivity (Wildman–Crippen MR) is 67.4 cm³/mol. The maximum absolute atomic E-state index is 12.4. The SMILES string of the molecule is O=C(C(Cl)c1ccc(C(F)(F)F)cc1)N1CCOCC1. The van der Waals surface area contributed by atoms with Crippen LogP contribution in [0.4, 0.5) is 13.2 Å². The zero-order valence-corrected chi connectivity index (χ0v) is 11.2. The van der Waals surface area contributed by atoms with Gasteiger partial charge in [-0.25, -0.2) is 0 Å². The van der Waals surface area contributed by atoms with Crippen molar-refractivity contribution in [2.75, 3.05) is 26.3 Å². The molecule has 1 aromatic rings. The van der Waals surface area contributed by atoms with Gasteiger partial charge in [-0.15, -0.1) is 11.6 Å². The van der Waals surface area contributed by atoms with E-state index in [1.165, 1.54) is 12.1 Å². The summed E-state index contributed by atoms with van der Waals surface area (Å²) in [6.07, 6.45) is -4.39. The molecule has 3 nitrogen and oxygen atoms in total. The number of amides is 1. The molecule has 1 heterocycles. The van der Waals surface area contributed by atoms with Gasteiger partial charge >= 0.3 is 6.18 Å². The van der Waals surface area contributed by atoms with Crippen molar-refractivity contribution in [3.63, 3.8) is 0 Å². The molecule has 20 heavy (non-hydrogen) atoms. The van der Waals surface area contributed by atoms with E-state index >= 15 is 0 Å². The molecule has 7 heteroatoms. The number of rotatable bonds is 2. The lowest BCUT2D eigenvalue weighted by molar-refractivity contribution is -0.137. The van der Waals surface area contributed by atoms with Gasteiger partial charge in [-0.1, -0.05) is 12.1 Å². The van der Waals surface area contributed by atoms with E-state index in [0.717, 1.165) is 12.1 Å². The number of benzene rings is 1. The summed E-state index contributed by atoms with van der Waals surface area (Å²) in [5.74, 6) is -0.310. The first-order chi connectivity index (χ1) is 9.39. The Balaban J connectivity index is 2.08. The van der Waals surface area contributed by atoms with Gasteiger partial charge in [-0.2, -0.15) is 13.2 Å². The fourth-order valence-corrected chi connectivity index (χ4v) is 2.21. The molecule has 0 spiro atoms. The first kappa shape index (κ1) is 15.1. The Bertz CT molecular complexity index is 469. The molecule has 1 aliphatic rings. The van der Waals surface area contributed by atoms with Crippen LogP contribution in [0, 0.1) is 0 Å². The zero-order valence-electron chi connectivity index (χ0n) is 10.5. The molecule has 1 saturated heterocycles. The summed E-state index contributed by atoms with van der Waals surface area (Å²) in [5.41, 5.74) is -0.403. The van der Waals surface area contributed by atoms with Gasteiger partial charge in [0.1, 0.15) is 5.38 Å². The summed E-state index contributed by atoms with van der Waals surface area (Å²) in [6, 6.07) is 4.33. The summed E-state index contributed by atoms with van der Waals surface area (Å²) >= 11 is 6.04. The van der Waals surface area contributed by atoms with Crippen LogP contribution in [0.2, 0.25) is 0 Å². The van der Waals surface area contributed by atoms with E-state index in [0.29, 0.717) is 31.9 Å². The number of alkyl halides is 4. The zero-order chi connectivity index (χ0) is 14.8. The van der Waals surface area contributed by atoms with E-state index in [9.17, 15) is 18.0 Å². The minimum Gasteiger partial charge on any atom is -0.378 e. The van der Waals surface area contributed by atoms with Gasteiger partial charge in [-0.3, -0.25) is 4.79 Å². The molecule has 1 amide bonds. The lowest BCUT2D eigenvalue weighted by atomic mass is 10.1. The van der Waals surface area contributed by atoms with E-state index in [4.69, 9.17) is 16.3 Å². The van der Waals surface area contributed by atoms with Crippen LogP contribution in [0.25, 0.3) is 0 Å². The van der Waals surface area contributed by atoms with Crippen molar-refractivity contribution < 1.29 is 22.7 Å². The van der Waals surface area contributed by atoms with E-state index in [1.807, 2.05) is 0 Å². The normalized spacial score (nSPS) is 17.9. The second-order valence-corrected chi connectivity index (χ2v) is 4.86. The minimum absolute atomic E-state index is 0.310. The Labute approximate surface area is 119 Å². The number of morpholine rings is 1. The summed E-state index contributed by atoms with van der Waals surface area (Å²) in [6.45, 7) is 1.79. The summed E-state index contributed by atoms with van der Waals surface area (Å²) in [4.78, 5) is 13.7. The van der Waals surface area contributed by atoms with Gasteiger partial charge in [0.25, 0.3) is 0 Å². The van der Waals surface area contributed by atoms with Crippen LogP contribution < -0.4 is 0 Å². The van der Waals surface area contributed by atoms with Crippen molar-refractivity contribution in [3.8, 4) is 0 Å². The van der Waals surface area contributed by atoms with Crippen LogP contribution in [0.1, 0.15) is 16.5 Å². The van der Waals surface area contributed by atoms with Crippen molar-refractivity contribution in [1.29, 1.82) is 0 Å². The van der Waals surface area contributed by atoms with Crippen LogP contribution >= 0.6 is 11.6 Å². The Morgan fingerprint density at radius 1 is 1.20 bits per heavy atom. The molecule has 2 rings (SSSR count). The van der Waals surface area contributed by atoms with Crippen LogP contribution in [-0.4, -0.2) is 37.1 Å². The highest BCUT2D eigenvalue weighted by atomic mass is 35.5. The molecule has 1 atom stereocenters. The number of ether oxygens (including phenoxy) is 1. The molecule has 0 aromatic heterocycles. The molecule has 1 unspecified atom stereocenters. The summed E-state index contributed by atoms with van der Waals surface area (Å²) in [5, 5.41) is -0.976. The van der Waals surface area contributed by atoms with E-state index in [-0.39, 0.29) is 5.91 Å². The lowest BCUT2D eigenvalue weighted by Gasteiger charge is -2.28.